The molecule has 0 aromatic carbocycles. The molecule has 0 saturated carbocycles. The van der Waals surface area contributed by atoms with E-state index in [0.29, 0.717) is 11.0 Å². The lowest BCUT2D eigenvalue weighted by molar-refractivity contribution is 0.591. The fourth-order valence-corrected chi connectivity index (χ4v) is 1.78. The first-order valence-corrected chi connectivity index (χ1v) is 6.64. The summed E-state index contributed by atoms with van der Waals surface area (Å²) in [6.07, 6.45) is 6.11. The van der Waals surface area contributed by atoms with Gasteiger partial charge in [-0.2, -0.15) is 10.1 Å². The topological polar surface area (TPSA) is 67.7 Å². The summed E-state index contributed by atoms with van der Waals surface area (Å²) in [5.41, 5.74) is 0. The molecular weight excluding hydrogens is 264 g/mol. The first-order valence-electron chi connectivity index (χ1n) is 6.26. The molecule has 2 aromatic rings. The quantitative estimate of drug-likeness (QED) is 0.762. The molecule has 0 aliphatic heterocycles. The number of anilines is 2. The van der Waals surface area contributed by atoms with Crippen molar-refractivity contribution in [1.29, 1.82) is 0 Å². The van der Waals surface area contributed by atoms with Crippen molar-refractivity contribution in [2.45, 2.75) is 19.9 Å². The van der Waals surface area contributed by atoms with E-state index < -0.39 is 0 Å². The third-order valence-corrected chi connectivity index (χ3v) is 2.66. The summed E-state index contributed by atoms with van der Waals surface area (Å²) in [6, 6.07) is 1.85. The second-order valence-electron chi connectivity index (χ2n) is 4.00. The maximum atomic E-state index is 5.79. The maximum Gasteiger partial charge on any atom is 0.224 e. The van der Waals surface area contributed by atoms with Crippen LogP contribution in [0.1, 0.15) is 13.3 Å². The maximum absolute atomic E-state index is 5.79. The standard InChI is InChI=1S/C12H17ClN6/c1-2-14-11-4-6-16-12(18-11)15-5-3-7-19-9-10(13)8-17-19/h4,6,8-9H,2-3,5,7H2,1H3,(H2,14,15,16,18). The van der Waals surface area contributed by atoms with E-state index in [1.165, 1.54) is 0 Å². The smallest absolute Gasteiger partial charge is 0.224 e. The van der Waals surface area contributed by atoms with Crippen molar-refractivity contribution in [3.05, 3.63) is 29.7 Å². The summed E-state index contributed by atoms with van der Waals surface area (Å²) in [7, 11) is 0. The van der Waals surface area contributed by atoms with Gasteiger partial charge in [0, 0.05) is 32.0 Å². The van der Waals surface area contributed by atoms with Gasteiger partial charge in [0.15, 0.2) is 0 Å². The van der Waals surface area contributed by atoms with Crippen molar-refractivity contribution in [2.75, 3.05) is 23.7 Å². The van der Waals surface area contributed by atoms with Crippen LogP contribution in [0.5, 0.6) is 0 Å². The highest BCUT2D eigenvalue weighted by Gasteiger charge is 1.98. The summed E-state index contributed by atoms with van der Waals surface area (Å²) in [6.45, 7) is 4.47. The lowest BCUT2D eigenvalue weighted by Gasteiger charge is -2.07. The van der Waals surface area contributed by atoms with E-state index in [9.17, 15) is 0 Å². The number of rotatable bonds is 7. The van der Waals surface area contributed by atoms with Crippen LogP contribution in [0.15, 0.2) is 24.7 Å². The van der Waals surface area contributed by atoms with Crippen LogP contribution in [-0.2, 0) is 6.54 Å². The van der Waals surface area contributed by atoms with Crippen LogP contribution in [0.2, 0.25) is 5.02 Å². The van der Waals surface area contributed by atoms with E-state index in [1.54, 1.807) is 12.4 Å². The van der Waals surface area contributed by atoms with Gasteiger partial charge in [-0.05, 0) is 19.4 Å². The number of hydrogen-bond donors (Lipinski definition) is 2. The molecule has 6 nitrogen and oxygen atoms in total. The summed E-state index contributed by atoms with van der Waals surface area (Å²) in [4.78, 5) is 8.50. The highest BCUT2D eigenvalue weighted by Crippen LogP contribution is 2.06. The fourth-order valence-electron chi connectivity index (χ4n) is 1.63. The molecule has 0 spiro atoms. The molecule has 0 fully saturated rings. The lowest BCUT2D eigenvalue weighted by Crippen LogP contribution is -2.10. The van der Waals surface area contributed by atoms with Crippen molar-refractivity contribution < 1.29 is 0 Å². The summed E-state index contributed by atoms with van der Waals surface area (Å²) < 4.78 is 1.82. The zero-order valence-corrected chi connectivity index (χ0v) is 11.6. The normalized spacial score (nSPS) is 10.4. The van der Waals surface area contributed by atoms with Gasteiger partial charge in [0.05, 0.1) is 11.2 Å². The number of aryl methyl sites for hydroxylation is 1. The Labute approximate surface area is 117 Å². The van der Waals surface area contributed by atoms with Crippen molar-refractivity contribution in [2.24, 2.45) is 0 Å². The predicted octanol–water partition coefficient (Wildman–Crippen LogP) is 2.26. The Morgan fingerprint density at radius 1 is 1.37 bits per heavy atom. The Bertz CT molecular complexity index is 512. The monoisotopic (exact) mass is 280 g/mol. The SMILES string of the molecule is CCNc1ccnc(NCCCn2cc(Cl)cn2)n1. The van der Waals surface area contributed by atoms with E-state index in [4.69, 9.17) is 11.6 Å². The number of aromatic nitrogens is 4. The molecule has 102 valence electrons. The van der Waals surface area contributed by atoms with Crippen LogP contribution < -0.4 is 10.6 Å². The minimum atomic E-state index is 0.636. The largest absolute Gasteiger partial charge is 0.370 e. The van der Waals surface area contributed by atoms with Gasteiger partial charge in [-0.15, -0.1) is 0 Å². The Morgan fingerprint density at radius 3 is 3.00 bits per heavy atom. The average molecular weight is 281 g/mol. The van der Waals surface area contributed by atoms with Crippen LogP contribution in [0.4, 0.5) is 11.8 Å². The van der Waals surface area contributed by atoms with Gasteiger partial charge < -0.3 is 10.6 Å². The molecule has 7 heteroatoms. The summed E-state index contributed by atoms with van der Waals surface area (Å²) in [5, 5.41) is 11.1. The Kier molecular flexibility index (Phi) is 4.97. The molecule has 2 aromatic heterocycles. The fraction of sp³-hybridized carbons (Fsp3) is 0.417. The van der Waals surface area contributed by atoms with Gasteiger partial charge in [-0.25, -0.2) is 4.98 Å². The minimum Gasteiger partial charge on any atom is -0.370 e. The third-order valence-electron chi connectivity index (χ3n) is 2.46. The summed E-state index contributed by atoms with van der Waals surface area (Å²) in [5.74, 6) is 1.47. The molecule has 19 heavy (non-hydrogen) atoms. The van der Waals surface area contributed by atoms with Crippen LogP contribution in [0.3, 0.4) is 0 Å². The van der Waals surface area contributed by atoms with Crippen LogP contribution in [0, 0.1) is 0 Å². The first-order chi connectivity index (χ1) is 9.28. The lowest BCUT2D eigenvalue weighted by atomic mass is 10.4. The zero-order valence-electron chi connectivity index (χ0n) is 10.8. The number of nitrogens with one attached hydrogen (secondary N) is 2. The van der Waals surface area contributed by atoms with Crippen molar-refractivity contribution in [3.8, 4) is 0 Å². The molecule has 0 atom stereocenters. The Hall–Kier alpha value is -1.82. The van der Waals surface area contributed by atoms with Gasteiger partial charge in [0.25, 0.3) is 0 Å². The van der Waals surface area contributed by atoms with Crippen molar-refractivity contribution >= 4 is 23.4 Å². The molecular formula is C12H17ClN6. The van der Waals surface area contributed by atoms with E-state index >= 15 is 0 Å². The molecule has 0 saturated heterocycles. The highest BCUT2D eigenvalue weighted by atomic mass is 35.5. The molecule has 0 aliphatic rings. The molecule has 0 amide bonds. The second kappa shape index (κ2) is 6.94. The van der Waals surface area contributed by atoms with E-state index in [2.05, 4.69) is 25.7 Å². The second-order valence-corrected chi connectivity index (χ2v) is 4.43. The predicted molar refractivity (Wildman–Crippen MR) is 76.5 cm³/mol. The van der Waals surface area contributed by atoms with Crippen LogP contribution in [-0.4, -0.2) is 32.8 Å². The number of hydrogen-bond acceptors (Lipinski definition) is 5. The average Bonchev–Trinajstić information content (AvgIpc) is 2.82. The van der Waals surface area contributed by atoms with Gasteiger partial charge in [0.1, 0.15) is 5.82 Å². The van der Waals surface area contributed by atoms with Crippen LogP contribution >= 0.6 is 11.6 Å². The molecule has 0 bridgehead atoms. The van der Waals surface area contributed by atoms with Gasteiger partial charge in [-0.1, -0.05) is 11.6 Å². The summed E-state index contributed by atoms with van der Waals surface area (Å²) >= 11 is 5.79. The Balaban J connectivity index is 1.74. The molecule has 0 aliphatic carbocycles. The van der Waals surface area contributed by atoms with Gasteiger partial charge in [-0.3, -0.25) is 4.68 Å². The van der Waals surface area contributed by atoms with E-state index in [-0.39, 0.29) is 0 Å². The zero-order chi connectivity index (χ0) is 13.5. The van der Waals surface area contributed by atoms with E-state index in [0.717, 1.165) is 31.9 Å². The van der Waals surface area contributed by atoms with Crippen molar-refractivity contribution in [1.82, 2.24) is 19.7 Å². The molecule has 0 unspecified atom stereocenters. The number of nitrogens with zero attached hydrogens (tertiary/aromatic N) is 4. The van der Waals surface area contributed by atoms with E-state index in [1.807, 2.05) is 23.9 Å². The van der Waals surface area contributed by atoms with Gasteiger partial charge in [0.2, 0.25) is 5.95 Å². The molecule has 2 N–H and O–H groups in total. The van der Waals surface area contributed by atoms with Crippen LogP contribution in [0.25, 0.3) is 0 Å². The first kappa shape index (κ1) is 13.6. The molecule has 2 heterocycles. The van der Waals surface area contributed by atoms with Crippen molar-refractivity contribution in [3.63, 3.8) is 0 Å². The minimum absolute atomic E-state index is 0.636. The third kappa shape index (κ3) is 4.40. The molecule has 2 rings (SSSR count). The number of halogens is 1. The Morgan fingerprint density at radius 2 is 2.26 bits per heavy atom. The highest BCUT2D eigenvalue weighted by molar-refractivity contribution is 6.30. The van der Waals surface area contributed by atoms with Gasteiger partial charge >= 0.3 is 0 Å². The molecule has 0 radical (unpaired) electrons.